The van der Waals surface area contributed by atoms with Gasteiger partial charge in [0.15, 0.2) is 0 Å². The molecule has 0 radical (unpaired) electrons. The quantitative estimate of drug-likeness (QED) is 0.800. The van der Waals surface area contributed by atoms with E-state index in [1.54, 1.807) is 6.92 Å². The molecule has 0 fully saturated rings. The number of nitrogens with zero attached hydrogens (tertiary/aromatic N) is 2. The van der Waals surface area contributed by atoms with E-state index in [1.807, 2.05) is 0 Å². The molecule has 0 unspecified atom stereocenters. The average Bonchev–Trinajstić information content (AvgIpc) is 2.44. The highest BCUT2D eigenvalue weighted by Gasteiger charge is 2.25. The molecule has 0 aliphatic heterocycles. The summed E-state index contributed by atoms with van der Waals surface area (Å²) in [5, 5.41) is 3.36. The molecule has 0 bridgehead atoms. The van der Waals surface area contributed by atoms with Crippen molar-refractivity contribution in [2.24, 2.45) is 0 Å². The lowest BCUT2D eigenvalue weighted by molar-refractivity contribution is -0.134. The number of aromatic nitrogens is 2. The van der Waals surface area contributed by atoms with E-state index in [0.29, 0.717) is 11.0 Å². The minimum Gasteiger partial charge on any atom is -0.360 e. The van der Waals surface area contributed by atoms with Crippen LogP contribution in [0.4, 0.5) is 18.3 Å². The van der Waals surface area contributed by atoms with Gasteiger partial charge in [-0.25, -0.2) is 4.98 Å². The Kier molecular flexibility index (Phi) is 3.68. The summed E-state index contributed by atoms with van der Waals surface area (Å²) in [5.41, 5.74) is 0. The summed E-state index contributed by atoms with van der Waals surface area (Å²) < 4.78 is 39.1. The molecule has 1 N–H and O–H groups in total. The lowest BCUT2D eigenvalue weighted by Crippen LogP contribution is -2.10. The van der Waals surface area contributed by atoms with Gasteiger partial charge in [-0.2, -0.15) is 17.5 Å². The Bertz CT molecular complexity index is 284. The zero-order valence-corrected chi connectivity index (χ0v) is 8.37. The SMILES string of the molecule is Cc1nsc(NCCCC(F)(F)F)n1. The molecule has 1 aromatic heterocycles. The van der Waals surface area contributed by atoms with Crippen LogP contribution in [0.3, 0.4) is 0 Å². The summed E-state index contributed by atoms with van der Waals surface area (Å²) in [6.45, 7) is 2.01. The third-order valence-corrected chi connectivity index (χ3v) is 2.20. The second-order valence-corrected chi connectivity index (χ2v) is 3.54. The van der Waals surface area contributed by atoms with Crippen LogP contribution in [0.5, 0.6) is 0 Å². The Labute approximate surface area is 83.5 Å². The highest BCUT2D eigenvalue weighted by molar-refractivity contribution is 7.09. The molecule has 80 valence electrons. The summed E-state index contributed by atoms with van der Waals surface area (Å²) >= 11 is 1.15. The summed E-state index contributed by atoms with van der Waals surface area (Å²) in [6.07, 6.45) is -4.78. The molecule has 0 atom stereocenters. The van der Waals surface area contributed by atoms with E-state index >= 15 is 0 Å². The van der Waals surface area contributed by atoms with Crippen molar-refractivity contribution in [3.05, 3.63) is 5.82 Å². The molecule has 0 aliphatic carbocycles. The van der Waals surface area contributed by atoms with Crippen molar-refractivity contribution < 1.29 is 13.2 Å². The minimum atomic E-state index is -4.07. The molecular formula is C7H10F3N3S. The first-order valence-corrected chi connectivity index (χ1v) is 4.85. The van der Waals surface area contributed by atoms with Crippen LogP contribution in [-0.2, 0) is 0 Å². The molecular weight excluding hydrogens is 215 g/mol. The third-order valence-electron chi connectivity index (χ3n) is 1.44. The fourth-order valence-corrected chi connectivity index (χ4v) is 1.45. The first-order valence-electron chi connectivity index (χ1n) is 4.08. The molecule has 0 amide bonds. The van der Waals surface area contributed by atoms with E-state index in [2.05, 4.69) is 14.7 Å². The van der Waals surface area contributed by atoms with Crippen LogP contribution in [0.2, 0.25) is 0 Å². The Balaban J connectivity index is 2.16. The number of anilines is 1. The highest BCUT2D eigenvalue weighted by Crippen LogP contribution is 2.21. The van der Waals surface area contributed by atoms with E-state index in [9.17, 15) is 13.2 Å². The molecule has 1 rings (SSSR count). The van der Waals surface area contributed by atoms with Crippen LogP contribution >= 0.6 is 11.5 Å². The second-order valence-electron chi connectivity index (χ2n) is 2.79. The van der Waals surface area contributed by atoms with Gasteiger partial charge in [0, 0.05) is 24.5 Å². The van der Waals surface area contributed by atoms with Gasteiger partial charge in [0.05, 0.1) is 0 Å². The monoisotopic (exact) mass is 225 g/mol. The number of aryl methyl sites for hydroxylation is 1. The maximum Gasteiger partial charge on any atom is 0.389 e. The van der Waals surface area contributed by atoms with Gasteiger partial charge in [0.2, 0.25) is 5.13 Å². The van der Waals surface area contributed by atoms with E-state index in [4.69, 9.17) is 0 Å². The van der Waals surface area contributed by atoms with Crippen molar-refractivity contribution in [1.82, 2.24) is 9.36 Å². The van der Waals surface area contributed by atoms with Crippen molar-refractivity contribution in [3.8, 4) is 0 Å². The van der Waals surface area contributed by atoms with Crippen LogP contribution in [0, 0.1) is 6.92 Å². The van der Waals surface area contributed by atoms with Gasteiger partial charge in [0.25, 0.3) is 0 Å². The van der Waals surface area contributed by atoms with Crippen molar-refractivity contribution in [1.29, 1.82) is 0 Å². The number of alkyl halides is 3. The van der Waals surface area contributed by atoms with E-state index in [-0.39, 0.29) is 13.0 Å². The second kappa shape index (κ2) is 4.59. The molecule has 14 heavy (non-hydrogen) atoms. The van der Waals surface area contributed by atoms with Crippen molar-refractivity contribution >= 4 is 16.7 Å². The molecule has 0 saturated carbocycles. The Hall–Kier alpha value is -0.850. The molecule has 3 nitrogen and oxygen atoms in total. The zero-order chi connectivity index (χ0) is 10.6. The highest BCUT2D eigenvalue weighted by atomic mass is 32.1. The smallest absolute Gasteiger partial charge is 0.360 e. The molecule has 0 saturated heterocycles. The number of nitrogens with one attached hydrogen (secondary N) is 1. The number of halogens is 3. The van der Waals surface area contributed by atoms with Gasteiger partial charge < -0.3 is 5.32 Å². The average molecular weight is 225 g/mol. The minimum absolute atomic E-state index is 0.0577. The van der Waals surface area contributed by atoms with E-state index < -0.39 is 12.6 Å². The van der Waals surface area contributed by atoms with Gasteiger partial charge in [-0.1, -0.05) is 0 Å². The van der Waals surface area contributed by atoms with Gasteiger partial charge in [-0.3, -0.25) is 0 Å². The van der Waals surface area contributed by atoms with Gasteiger partial charge in [-0.05, 0) is 13.3 Å². The topological polar surface area (TPSA) is 37.8 Å². The largest absolute Gasteiger partial charge is 0.389 e. The summed E-state index contributed by atoms with van der Waals surface area (Å²) in [5.74, 6) is 0.633. The van der Waals surface area contributed by atoms with Crippen LogP contribution < -0.4 is 5.32 Å². The van der Waals surface area contributed by atoms with Crippen molar-refractivity contribution in [3.63, 3.8) is 0 Å². The molecule has 0 aliphatic rings. The summed E-state index contributed by atoms with van der Waals surface area (Å²) in [6, 6.07) is 0. The lowest BCUT2D eigenvalue weighted by Gasteiger charge is -2.05. The number of hydrogen-bond acceptors (Lipinski definition) is 4. The van der Waals surface area contributed by atoms with Crippen molar-refractivity contribution in [2.75, 3.05) is 11.9 Å². The predicted molar refractivity (Wildman–Crippen MR) is 48.4 cm³/mol. The van der Waals surface area contributed by atoms with Gasteiger partial charge in [0.1, 0.15) is 5.82 Å². The normalized spacial score (nSPS) is 11.7. The van der Waals surface area contributed by atoms with E-state index in [1.165, 1.54) is 0 Å². The maximum atomic E-state index is 11.7. The van der Waals surface area contributed by atoms with Crippen molar-refractivity contribution in [2.45, 2.75) is 25.9 Å². The predicted octanol–water partition coefficient (Wildman–Crippen LogP) is 2.60. The Morgan fingerprint density at radius 3 is 2.64 bits per heavy atom. The summed E-state index contributed by atoms with van der Waals surface area (Å²) in [7, 11) is 0. The lowest BCUT2D eigenvalue weighted by atomic mass is 10.3. The molecule has 0 aromatic carbocycles. The van der Waals surface area contributed by atoms with Crippen LogP contribution in [-0.4, -0.2) is 22.1 Å². The standard InChI is InChI=1S/C7H10F3N3S/c1-5-12-6(14-13-5)11-4-2-3-7(8,9)10/h2-4H2,1H3,(H,11,12,13). The molecule has 7 heteroatoms. The van der Waals surface area contributed by atoms with Crippen LogP contribution in [0.1, 0.15) is 18.7 Å². The Morgan fingerprint density at radius 2 is 2.14 bits per heavy atom. The molecule has 1 heterocycles. The van der Waals surface area contributed by atoms with Gasteiger partial charge >= 0.3 is 6.18 Å². The molecule has 0 spiro atoms. The number of hydrogen-bond donors (Lipinski definition) is 1. The number of rotatable bonds is 4. The fourth-order valence-electron chi connectivity index (χ4n) is 0.853. The van der Waals surface area contributed by atoms with Crippen LogP contribution in [0.25, 0.3) is 0 Å². The van der Waals surface area contributed by atoms with E-state index in [0.717, 1.165) is 11.5 Å². The maximum absolute atomic E-state index is 11.7. The fraction of sp³-hybridized carbons (Fsp3) is 0.714. The summed E-state index contributed by atoms with van der Waals surface area (Å²) in [4.78, 5) is 3.96. The first kappa shape index (κ1) is 11.2. The zero-order valence-electron chi connectivity index (χ0n) is 7.56. The molecule has 1 aromatic rings. The third kappa shape index (κ3) is 4.40. The van der Waals surface area contributed by atoms with Gasteiger partial charge in [-0.15, -0.1) is 0 Å². The van der Waals surface area contributed by atoms with Crippen LogP contribution in [0.15, 0.2) is 0 Å². The first-order chi connectivity index (χ1) is 6.47. The Morgan fingerprint density at radius 1 is 1.43 bits per heavy atom.